The van der Waals surface area contributed by atoms with Crippen molar-refractivity contribution in [1.29, 1.82) is 0 Å². The van der Waals surface area contributed by atoms with Gasteiger partial charge in [-0.2, -0.15) is 13.2 Å². The molecule has 96 valence electrons. The predicted molar refractivity (Wildman–Crippen MR) is 55.6 cm³/mol. The van der Waals surface area contributed by atoms with Crippen molar-refractivity contribution in [3.05, 3.63) is 29.8 Å². The smallest absolute Gasteiger partial charge is 0.305 e. The fraction of sp³-hybridized carbons (Fsp3) is 0.333. The van der Waals surface area contributed by atoms with E-state index in [1.54, 1.807) is 0 Å². The van der Waals surface area contributed by atoms with E-state index in [1.165, 1.54) is 24.3 Å². The summed E-state index contributed by atoms with van der Waals surface area (Å²) >= 11 is 0. The number of nitrogens with one attached hydrogen (secondary N) is 1. The van der Waals surface area contributed by atoms with Crippen LogP contribution in [0.1, 0.15) is 5.56 Å². The standard InChI is InChI=1S/C9H11F3N2O2S/c10-9(11,12)6-14-5-7-2-1-3-8(4-7)17(13,15)16/h1-4,14H,5-6H2,(H2,13,15,16). The van der Waals surface area contributed by atoms with Gasteiger partial charge in [-0.15, -0.1) is 0 Å². The predicted octanol–water partition coefficient (Wildman–Crippen LogP) is 0.986. The Balaban J connectivity index is 2.68. The molecule has 0 saturated heterocycles. The van der Waals surface area contributed by atoms with Gasteiger partial charge in [0.25, 0.3) is 0 Å². The van der Waals surface area contributed by atoms with Crippen molar-refractivity contribution in [3.8, 4) is 0 Å². The topological polar surface area (TPSA) is 72.2 Å². The largest absolute Gasteiger partial charge is 0.401 e. The number of hydrogen-bond donors (Lipinski definition) is 2. The Kier molecular flexibility index (Phi) is 4.12. The minimum atomic E-state index is -4.29. The van der Waals surface area contributed by atoms with Crippen LogP contribution in [0.25, 0.3) is 0 Å². The van der Waals surface area contributed by atoms with Crippen molar-refractivity contribution in [3.63, 3.8) is 0 Å². The summed E-state index contributed by atoms with van der Waals surface area (Å²) in [4.78, 5) is -0.121. The number of benzene rings is 1. The van der Waals surface area contributed by atoms with Crippen molar-refractivity contribution in [1.82, 2.24) is 5.32 Å². The van der Waals surface area contributed by atoms with Gasteiger partial charge < -0.3 is 5.32 Å². The first-order valence-corrected chi connectivity index (χ1v) is 6.12. The number of sulfonamides is 1. The Hall–Kier alpha value is -1.12. The Morgan fingerprint density at radius 2 is 1.94 bits per heavy atom. The van der Waals surface area contributed by atoms with Gasteiger partial charge in [-0.1, -0.05) is 12.1 Å². The van der Waals surface area contributed by atoms with E-state index in [1.807, 2.05) is 0 Å². The van der Waals surface area contributed by atoms with Crippen molar-refractivity contribution >= 4 is 10.0 Å². The highest BCUT2D eigenvalue weighted by Crippen LogP contribution is 2.13. The van der Waals surface area contributed by atoms with Gasteiger partial charge in [-0.25, -0.2) is 13.6 Å². The lowest BCUT2D eigenvalue weighted by atomic mass is 10.2. The molecule has 4 nitrogen and oxygen atoms in total. The lowest BCUT2D eigenvalue weighted by molar-refractivity contribution is -0.125. The molecule has 8 heteroatoms. The van der Waals surface area contributed by atoms with Gasteiger partial charge in [-0.05, 0) is 17.7 Å². The first-order chi connectivity index (χ1) is 7.68. The maximum absolute atomic E-state index is 11.8. The van der Waals surface area contributed by atoms with Crippen LogP contribution >= 0.6 is 0 Å². The van der Waals surface area contributed by atoms with Crippen LogP contribution in [0.15, 0.2) is 29.2 Å². The van der Waals surface area contributed by atoms with E-state index in [2.05, 4.69) is 5.32 Å². The van der Waals surface area contributed by atoms with E-state index in [4.69, 9.17) is 5.14 Å². The van der Waals surface area contributed by atoms with Crippen LogP contribution in [0.5, 0.6) is 0 Å². The SMILES string of the molecule is NS(=O)(=O)c1cccc(CNCC(F)(F)F)c1. The van der Waals surface area contributed by atoms with E-state index in [0.29, 0.717) is 5.56 Å². The Labute approximate surface area is 96.7 Å². The fourth-order valence-corrected chi connectivity index (χ4v) is 1.76. The molecule has 0 amide bonds. The molecule has 0 bridgehead atoms. The zero-order valence-corrected chi connectivity index (χ0v) is 9.48. The molecule has 0 aliphatic heterocycles. The monoisotopic (exact) mass is 268 g/mol. The third kappa shape index (κ3) is 5.16. The highest BCUT2D eigenvalue weighted by molar-refractivity contribution is 7.89. The van der Waals surface area contributed by atoms with Crippen LogP contribution in [0.4, 0.5) is 13.2 Å². The first kappa shape index (κ1) is 13.9. The van der Waals surface area contributed by atoms with Crippen LogP contribution < -0.4 is 10.5 Å². The van der Waals surface area contributed by atoms with E-state index >= 15 is 0 Å². The second kappa shape index (κ2) is 5.03. The average Bonchev–Trinajstić information content (AvgIpc) is 2.15. The summed E-state index contributed by atoms with van der Waals surface area (Å²) in [5.74, 6) is 0. The van der Waals surface area contributed by atoms with Crippen LogP contribution in [0.3, 0.4) is 0 Å². The number of halogens is 3. The Bertz CT molecular complexity index is 485. The molecule has 1 aromatic carbocycles. The summed E-state index contributed by atoms with van der Waals surface area (Å²) in [6, 6.07) is 5.45. The average molecular weight is 268 g/mol. The first-order valence-electron chi connectivity index (χ1n) is 4.58. The number of rotatable bonds is 4. The molecule has 0 fully saturated rings. The fourth-order valence-electron chi connectivity index (χ4n) is 1.18. The number of primary sulfonamides is 1. The van der Waals surface area contributed by atoms with Crippen molar-refractivity contribution in [2.24, 2.45) is 5.14 Å². The highest BCUT2D eigenvalue weighted by Gasteiger charge is 2.26. The maximum atomic E-state index is 11.8. The summed E-state index contributed by atoms with van der Waals surface area (Å²) < 4.78 is 57.5. The molecule has 0 saturated carbocycles. The zero-order chi connectivity index (χ0) is 13.1. The molecule has 0 radical (unpaired) electrons. The second-order valence-electron chi connectivity index (χ2n) is 3.41. The molecule has 1 rings (SSSR count). The number of hydrogen-bond acceptors (Lipinski definition) is 3. The summed E-state index contributed by atoms with van der Waals surface area (Å²) in [5, 5.41) is 7.06. The zero-order valence-electron chi connectivity index (χ0n) is 8.66. The van der Waals surface area contributed by atoms with Gasteiger partial charge in [-0.3, -0.25) is 0 Å². The molecule has 3 N–H and O–H groups in total. The van der Waals surface area contributed by atoms with Crippen LogP contribution in [0.2, 0.25) is 0 Å². The van der Waals surface area contributed by atoms with E-state index in [-0.39, 0.29) is 11.4 Å². The molecule has 0 aromatic heterocycles. The minimum absolute atomic E-state index is 0.0805. The van der Waals surface area contributed by atoms with Gasteiger partial charge in [0.1, 0.15) is 0 Å². The molecule has 0 spiro atoms. The maximum Gasteiger partial charge on any atom is 0.401 e. The molecule has 0 unspecified atom stereocenters. The van der Waals surface area contributed by atoms with Gasteiger partial charge in [0.05, 0.1) is 11.4 Å². The van der Waals surface area contributed by atoms with E-state index in [9.17, 15) is 21.6 Å². The van der Waals surface area contributed by atoms with Crippen molar-refractivity contribution in [2.75, 3.05) is 6.54 Å². The van der Waals surface area contributed by atoms with Crippen molar-refractivity contribution < 1.29 is 21.6 Å². The Morgan fingerprint density at radius 3 is 2.47 bits per heavy atom. The lowest BCUT2D eigenvalue weighted by Crippen LogP contribution is -2.28. The third-order valence-corrected chi connectivity index (χ3v) is 2.79. The van der Waals surface area contributed by atoms with E-state index in [0.717, 1.165) is 0 Å². The minimum Gasteiger partial charge on any atom is -0.305 e. The Morgan fingerprint density at radius 1 is 1.29 bits per heavy atom. The molecular formula is C9H11F3N2O2S. The molecule has 0 aliphatic carbocycles. The van der Waals surface area contributed by atoms with Gasteiger partial charge in [0, 0.05) is 6.54 Å². The lowest BCUT2D eigenvalue weighted by Gasteiger charge is -2.08. The third-order valence-electron chi connectivity index (χ3n) is 1.88. The van der Waals surface area contributed by atoms with Crippen LogP contribution in [-0.4, -0.2) is 21.1 Å². The molecule has 0 atom stereocenters. The second-order valence-corrected chi connectivity index (χ2v) is 4.97. The molecule has 0 heterocycles. The summed E-state index contributed by atoms with van der Waals surface area (Å²) in [7, 11) is -3.83. The molecule has 1 aromatic rings. The van der Waals surface area contributed by atoms with Crippen LogP contribution in [-0.2, 0) is 16.6 Å². The molecular weight excluding hydrogens is 257 g/mol. The number of nitrogens with two attached hydrogens (primary N) is 1. The normalized spacial score (nSPS) is 12.7. The number of alkyl halides is 3. The van der Waals surface area contributed by atoms with E-state index < -0.39 is 22.7 Å². The summed E-state index contributed by atoms with van der Waals surface area (Å²) in [6.07, 6.45) is -4.29. The quantitative estimate of drug-likeness (QED) is 0.855. The van der Waals surface area contributed by atoms with Gasteiger partial charge in [0.2, 0.25) is 10.0 Å². The van der Waals surface area contributed by atoms with Gasteiger partial charge in [0.15, 0.2) is 0 Å². The molecule has 0 aliphatic rings. The summed E-state index contributed by atoms with van der Waals surface area (Å²) in [6.45, 7) is -1.21. The van der Waals surface area contributed by atoms with Gasteiger partial charge >= 0.3 is 6.18 Å². The van der Waals surface area contributed by atoms with Crippen molar-refractivity contribution in [2.45, 2.75) is 17.6 Å². The summed E-state index contributed by atoms with van der Waals surface area (Å²) in [5.41, 5.74) is 0.417. The highest BCUT2D eigenvalue weighted by atomic mass is 32.2. The van der Waals surface area contributed by atoms with Crippen LogP contribution in [0, 0.1) is 0 Å². The molecule has 17 heavy (non-hydrogen) atoms.